The summed E-state index contributed by atoms with van der Waals surface area (Å²) in [4.78, 5) is 48.4. The second kappa shape index (κ2) is 9.56. The molecule has 0 saturated heterocycles. The molecule has 1 heterocycles. The van der Waals surface area contributed by atoms with Crippen LogP contribution in [0, 0.1) is 0 Å². The lowest BCUT2D eigenvalue weighted by Crippen LogP contribution is -2.50. The highest BCUT2D eigenvalue weighted by molar-refractivity contribution is 5.98. The van der Waals surface area contributed by atoms with Crippen molar-refractivity contribution in [1.29, 1.82) is 0 Å². The molecule has 0 fully saturated rings. The lowest BCUT2D eigenvalue weighted by molar-refractivity contribution is -0.143. The minimum absolute atomic E-state index is 0.0335. The van der Waals surface area contributed by atoms with E-state index in [1.807, 2.05) is 12.1 Å². The molecule has 8 nitrogen and oxygen atoms in total. The van der Waals surface area contributed by atoms with Crippen LogP contribution in [-0.4, -0.2) is 43.0 Å². The second-order valence-corrected chi connectivity index (χ2v) is 7.35. The highest BCUT2D eigenvalue weighted by Crippen LogP contribution is 2.23. The minimum atomic E-state index is -0.588. The molecule has 2 N–H and O–H groups in total. The SMILES string of the molecule is CCOC(=O)C1=C(COC(=O)CCC(=O)c2ccc3c(c2)CCC3)NC(=O)NC1C. The Labute approximate surface area is 175 Å². The summed E-state index contributed by atoms with van der Waals surface area (Å²) in [6.07, 6.45) is 3.08. The third kappa shape index (κ3) is 5.06. The first-order valence-corrected chi connectivity index (χ1v) is 10.2. The third-order valence-electron chi connectivity index (χ3n) is 5.22. The number of esters is 2. The van der Waals surface area contributed by atoms with Crippen LogP contribution in [0.4, 0.5) is 4.79 Å². The summed E-state index contributed by atoms with van der Waals surface area (Å²) in [5, 5.41) is 5.06. The Morgan fingerprint density at radius 2 is 1.87 bits per heavy atom. The molecule has 0 spiro atoms. The zero-order valence-corrected chi connectivity index (χ0v) is 17.2. The molecular weight excluding hydrogens is 388 g/mol. The predicted octanol–water partition coefficient (Wildman–Crippen LogP) is 2.20. The Bertz CT molecular complexity index is 905. The van der Waals surface area contributed by atoms with E-state index in [1.54, 1.807) is 19.9 Å². The normalized spacial score (nSPS) is 17.7. The van der Waals surface area contributed by atoms with E-state index < -0.39 is 24.0 Å². The average molecular weight is 414 g/mol. The summed E-state index contributed by atoms with van der Waals surface area (Å²) in [7, 11) is 0. The topological polar surface area (TPSA) is 111 Å². The lowest BCUT2D eigenvalue weighted by atomic mass is 10.0. The highest BCUT2D eigenvalue weighted by atomic mass is 16.5. The number of hydrogen-bond acceptors (Lipinski definition) is 6. The summed E-state index contributed by atoms with van der Waals surface area (Å²) >= 11 is 0. The maximum atomic E-state index is 12.4. The number of rotatable bonds is 8. The maximum Gasteiger partial charge on any atom is 0.338 e. The number of carbonyl (C=O) groups excluding carboxylic acids is 4. The summed E-state index contributed by atoms with van der Waals surface area (Å²) < 4.78 is 10.2. The van der Waals surface area contributed by atoms with Crippen molar-refractivity contribution in [2.75, 3.05) is 13.2 Å². The Hall–Kier alpha value is -3.16. The molecule has 1 unspecified atom stereocenters. The molecule has 1 aromatic carbocycles. The van der Waals surface area contributed by atoms with Gasteiger partial charge in [-0.25, -0.2) is 9.59 Å². The fourth-order valence-corrected chi connectivity index (χ4v) is 3.72. The van der Waals surface area contributed by atoms with Crippen molar-refractivity contribution in [2.45, 2.75) is 52.0 Å². The van der Waals surface area contributed by atoms with Crippen LogP contribution in [-0.2, 0) is 31.9 Å². The van der Waals surface area contributed by atoms with E-state index >= 15 is 0 Å². The van der Waals surface area contributed by atoms with Crippen molar-refractivity contribution in [3.05, 3.63) is 46.2 Å². The molecule has 0 radical (unpaired) electrons. The van der Waals surface area contributed by atoms with E-state index in [1.165, 1.54) is 11.1 Å². The molecule has 160 valence electrons. The molecule has 1 aliphatic heterocycles. The van der Waals surface area contributed by atoms with Gasteiger partial charge in [0.25, 0.3) is 0 Å². The van der Waals surface area contributed by atoms with Gasteiger partial charge in [-0.3, -0.25) is 9.59 Å². The van der Waals surface area contributed by atoms with E-state index in [9.17, 15) is 19.2 Å². The van der Waals surface area contributed by atoms with Gasteiger partial charge in [-0.15, -0.1) is 0 Å². The van der Waals surface area contributed by atoms with Gasteiger partial charge in [0.15, 0.2) is 5.78 Å². The molecule has 8 heteroatoms. The average Bonchev–Trinajstić information content (AvgIpc) is 3.17. The first kappa shape index (κ1) is 21.5. The number of hydrogen-bond donors (Lipinski definition) is 2. The number of ether oxygens (including phenoxy) is 2. The Balaban J connectivity index is 1.56. The van der Waals surface area contributed by atoms with Gasteiger partial charge in [-0.05, 0) is 50.3 Å². The fourth-order valence-electron chi connectivity index (χ4n) is 3.72. The lowest BCUT2D eigenvalue weighted by Gasteiger charge is -2.26. The fraction of sp³-hybridized carbons (Fsp3) is 0.455. The van der Waals surface area contributed by atoms with E-state index in [2.05, 4.69) is 10.6 Å². The summed E-state index contributed by atoms with van der Waals surface area (Å²) in [5.41, 5.74) is 3.49. The third-order valence-corrected chi connectivity index (χ3v) is 5.22. The van der Waals surface area contributed by atoms with Crippen molar-refractivity contribution < 1.29 is 28.7 Å². The molecule has 3 rings (SSSR count). The van der Waals surface area contributed by atoms with E-state index in [0.717, 1.165) is 19.3 Å². The number of aryl methyl sites for hydroxylation is 2. The number of Topliss-reactive ketones (excluding diaryl/α,β-unsaturated/α-hetero) is 1. The van der Waals surface area contributed by atoms with Crippen LogP contribution < -0.4 is 10.6 Å². The molecule has 1 aromatic rings. The Morgan fingerprint density at radius 1 is 1.10 bits per heavy atom. The number of benzene rings is 1. The van der Waals surface area contributed by atoms with Crippen LogP contribution in [0.15, 0.2) is 29.5 Å². The van der Waals surface area contributed by atoms with E-state index in [0.29, 0.717) is 5.56 Å². The van der Waals surface area contributed by atoms with Crippen LogP contribution in [0.3, 0.4) is 0 Å². The van der Waals surface area contributed by atoms with Gasteiger partial charge < -0.3 is 20.1 Å². The molecule has 2 amide bonds. The number of ketones is 1. The van der Waals surface area contributed by atoms with E-state index in [-0.39, 0.29) is 43.1 Å². The van der Waals surface area contributed by atoms with Gasteiger partial charge in [-0.1, -0.05) is 12.1 Å². The second-order valence-electron chi connectivity index (χ2n) is 7.35. The molecule has 1 atom stereocenters. The van der Waals surface area contributed by atoms with Crippen molar-refractivity contribution in [3.63, 3.8) is 0 Å². The first-order valence-electron chi connectivity index (χ1n) is 10.2. The first-order chi connectivity index (χ1) is 14.4. The van der Waals surface area contributed by atoms with Gasteiger partial charge in [0.1, 0.15) is 6.61 Å². The van der Waals surface area contributed by atoms with Gasteiger partial charge in [0.05, 0.1) is 30.3 Å². The van der Waals surface area contributed by atoms with Crippen molar-refractivity contribution in [3.8, 4) is 0 Å². The van der Waals surface area contributed by atoms with Crippen molar-refractivity contribution in [2.24, 2.45) is 0 Å². The zero-order chi connectivity index (χ0) is 21.7. The van der Waals surface area contributed by atoms with Crippen LogP contribution in [0.1, 0.15) is 54.6 Å². The van der Waals surface area contributed by atoms with Crippen LogP contribution >= 0.6 is 0 Å². The molecule has 0 bridgehead atoms. The van der Waals surface area contributed by atoms with Crippen LogP contribution in [0.25, 0.3) is 0 Å². The summed E-state index contributed by atoms with van der Waals surface area (Å²) in [6, 6.07) is 4.64. The molecule has 30 heavy (non-hydrogen) atoms. The standard InChI is InChI=1S/C22H26N2O6/c1-3-29-21(27)20-13(2)23-22(28)24-17(20)12-30-19(26)10-9-18(25)16-8-7-14-5-4-6-15(14)11-16/h7-8,11,13H,3-6,9-10,12H2,1-2H3,(H2,23,24,28). The molecule has 0 aromatic heterocycles. The molecule has 0 saturated carbocycles. The Kier molecular flexibility index (Phi) is 6.87. The molecule has 2 aliphatic rings. The zero-order valence-electron chi connectivity index (χ0n) is 17.2. The number of fused-ring (bicyclic) bond motifs is 1. The number of urea groups is 1. The largest absolute Gasteiger partial charge is 0.463 e. The number of carbonyl (C=O) groups is 4. The predicted molar refractivity (Wildman–Crippen MR) is 108 cm³/mol. The highest BCUT2D eigenvalue weighted by Gasteiger charge is 2.30. The van der Waals surface area contributed by atoms with Crippen molar-refractivity contribution >= 4 is 23.8 Å². The van der Waals surface area contributed by atoms with Crippen molar-refractivity contribution in [1.82, 2.24) is 10.6 Å². The number of amides is 2. The van der Waals surface area contributed by atoms with Crippen LogP contribution in [0.5, 0.6) is 0 Å². The van der Waals surface area contributed by atoms with Crippen LogP contribution in [0.2, 0.25) is 0 Å². The van der Waals surface area contributed by atoms with Gasteiger partial charge >= 0.3 is 18.0 Å². The smallest absolute Gasteiger partial charge is 0.338 e. The minimum Gasteiger partial charge on any atom is -0.463 e. The summed E-state index contributed by atoms with van der Waals surface area (Å²) in [5.74, 6) is -1.28. The monoisotopic (exact) mass is 414 g/mol. The molecular formula is C22H26N2O6. The van der Waals surface area contributed by atoms with E-state index in [4.69, 9.17) is 9.47 Å². The summed E-state index contributed by atoms with van der Waals surface area (Å²) in [6.45, 7) is 3.22. The number of nitrogens with one attached hydrogen (secondary N) is 2. The maximum absolute atomic E-state index is 12.4. The van der Waals surface area contributed by atoms with Gasteiger partial charge in [-0.2, -0.15) is 0 Å². The van der Waals surface area contributed by atoms with Gasteiger partial charge in [0, 0.05) is 12.0 Å². The quantitative estimate of drug-likeness (QED) is 0.498. The molecule has 1 aliphatic carbocycles. The Morgan fingerprint density at radius 3 is 2.63 bits per heavy atom. The van der Waals surface area contributed by atoms with Gasteiger partial charge in [0.2, 0.25) is 0 Å².